The van der Waals surface area contributed by atoms with E-state index in [0.29, 0.717) is 11.4 Å². The van der Waals surface area contributed by atoms with Crippen LogP contribution in [-0.2, 0) is 0 Å². The number of hydrogen-bond donors (Lipinski definition) is 0. The zero-order chi connectivity index (χ0) is 32.6. The third kappa shape index (κ3) is 4.11. The molecule has 0 saturated heterocycles. The molecule has 7 aromatic carbocycles. The molecule has 0 radical (unpaired) electrons. The lowest BCUT2D eigenvalue weighted by Gasteiger charge is -2.16. The maximum atomic E-state index is 8.22. The van der Waals surface area contributed by atoms with E-state index in [4.69, 9.17) is 13.1 Å². The van der Waals surface area contributed by atoms with Crippen molar-refractivity contribution in [3.05, 3.63) is 162 Å². The quantitative estimate of drug-likeness (QED) is 0.168. The zero-order valence-electron chi connectivity index (χ0n) is 25.9. The van der Waals surface area contributed by atoms with Gasteiger partial charge in [0.15, 0.2) is 11.4 Å². The van der Waals surface area contributed by atoms with Crippen molar-refractivity contribution in [1.82, 2.24) is 4.57 Å². The average molecular weight is 658 g/mol. The lowest BCUT2D eigenvalue weighted by atomic mass is 9.98. The average Bonchev–Trinajstić information content (AvgIpc) is 3.83. The van der Waals surface area contributed by atoms with Crippen LogP contribution in [0.2, 0.25) is 0 Å². The summed E-state index contributed by atoms with van der Waals surface area (Å²) < 4.78 is 7.37. The molecule has 0 aliphatic heterocycles. The van der Waals surface area contributed by atoms with Gasteiger partial charge in [-0.1, -0.05) is 91.0 Å². The summed E-state index contributed by atoms with van der Waals surface area (Å²) in [7, 11) is 0. The molecule has 3 nitrogen and oxygen atoms in total. The Balaban J connectivity index is 1.21. The van der Waals surface area contributed by atoms with Crippen LogP contribution in [0.25, 0.3) is 99.8 Å². The lowest BCUT2D eigenvalue weighted by molar-refractivity contribution is 1.18. The Morgan fingerprint density at radius 1 is 0.469 bits per heavy atom. The number of aromatic nitrogens is 1. The number of hydrogen-bond acceptors (Lipinski definition) is 2. The topological polar surface area (TPSA) is 13.7 Å². The van der Waals surface area contributed by atoms with Crippen molar-refractivity contribution in [2.75, 3.05) is 0 Å². The van der Waals surface area contributed by atoms with Crippen LogP contribution in [0.4, 0.5) is 11.4 Å². The summed E-state index contributed by atoms with van der Waals surface area (Å²) in [6.07, 6.45) is 0. The van der Waals surface area contributed by atoms with Crippen LogP contribution in [0.15, 0.2) is 140 Å². The summed E-state index contributed by atoms with van der Waals surface area (Å²) in [5, 5.41) is 7.40. The Morgan fingerprint density at radius 3 is 1.86 bits per heavy atom. The zero-order valence-corrected chi connectivity index (χ0v) is 27.6. The molecule has 49 heavy (non-hydrogen) atoms. The van der Waals surface area contributed by atoms with Gasteiger partial charge in [-0.3, -0.25) is 0 Å². The number of benzene rings is 7. The summed E-state index contributed by atoms with van der Waals surface area (Å²) >= 11 is 3.67. The van der Waals surface area contributed by atoms with Crippen molar-refractivity contribution in [2.45, 2.75) is 0 Å². The predicted molar refractivity (Wildman–Crippen MR) is 210 cm³/mol. The molecule has 0 unspecified atom stereocenters. The predicted octanol–water partition coefficient (Wildman–Crippen LogP) is 14.0. The first kappa shape index (κ1) is 27.8. The van der Waals surface area contributed by atoms with Gasteiger partial charge in [-0.15, -0.1) is 22.7 Å². The molecule has 10 rings (SSSR count). The second kappa shape index (κ2) is 10.6. The van der Waals surface area contributed by atoms with Crippen molar-refractivity contribution in [2.24, 2.45) is 0 Å². The maximum absolute atomic E-state index is 8.22. The second-order valence-corrected chi connectivity index (χ2v) is 14.4. The molecule has 0 amide bonds. The molecule has 10 aromatic rings. The number of rotatable bonds is 3. The van der Waals surface area contributed by atoms with Crippen LogP contribution < -0.4 is 0 Å². The van der Waals surface area contributed by atoms with Gasteiger partial charge < -0.3 is 4.57 Å². The highest BCUT2D eigenvalue weighted by atomic mass is 32.1. The molecule has 0 fully saturated rings. The number of para-hydroxylation sites is 2. The van der Waals surface area contributed by atoms with Crippen LogP contribution in [0.3, 0.4) is 0 Å². The Labute approximate surface area is 289 Å². The fourth-order valence-electron chi connectivity index (χ4n) is 7.44. The fourth-order valence-corrected chi connectivity index (χ4v) is 9.85. The minimum absolute atomic E-state index is 0.641. The van der Waals surface area contributed by atoms with E-state index in [-0.39, 0.29) is 0 Å². The van der Waals surface area contributed by atoms with Crippen LogP contribution in [0.5, 0.6) is 0 Å². The lowest BCUT2D eigenvalue weighted by Crippen LogP contribution is -1.97. The molecule has 0 aliphatic rings. The molecule has 0 N–H and O–H groups in total. The SMILES string of the molecule is [C-]#[N+]c1ccc(-c2ccc3sc4c(ccc5sc6ccc(-c7c([N+]#[C-])cccc7-n7c8ccccc8c8ccccc87)cc6c54)c3c2)cc1. The summed E-state index contributed by atoms with van der Waals surface area (Å²) in [4.78, 5) is 7.61. The minimum atomic E-state index is 0.641. The van der Waals surface area contributed by atoms with E-state index in [0.717, 1.165) is 39.0 Å². The first-order valence-electron chi connectivity index (χ1n) is 16.0. The second-order valence-electron chi connectivity index (χ2n) is 12.3. The molecule has 0 aliphatic carbocycles. The van der Waals surface area contributed by atoms with E-state index in [1.54, 1.807) is 0 Å². The molecule has 0 saturated carbocycles. The molecule has 0 bridgehead atoms. The Morgan fingerprint density at radius 2 is 1.12 bits per heavy atom. The van der Waals surface area contributed by atoms with Gasteiger partial charge in [0.1, 0.15) is 0 Å². The van der Waals surface area contributed by atoms with Gasteiger partial charge in [0.25, 0.3) is 0 Å². The molecular formula is C44H23N3S2. The van der Waals surface area contributed by atoms with Gasteiger partial charge in [0, 0.05) is 62.4 Å². The number of nitrogens with zero attached hydrogens (tertiary/aromatic N) is 3. The van der Waals surface area contributed by atoms with E-state index >= 15 is 0 Å². The van der Waals surface area contributed by atoms with E-state index in [1.165, 1.54) is 51.1 Å². The number of fused-ring (bicyclic) bond motifs is 10. The van der Waals surface area contributed by atoms with Gasteiger partial charge in [-0.25, -0.2) is 9.69 Å². The van der Waals surface area contributed by atoms with Crippen molar-refractivity contribution in [3.63, 3.8) is 0 Å². The van der Waals surface area contributed by atoms with E-state index in [9.17, 15) is 0 Å². The van der Waals surface area contributed by atoms with Gasteiger partial charge in [0.2, 0.25) is 0 Å². The summed E-state index contributed by atoms with van der Waals surface area (Å²) in [6.45, 7) is 15.5. The van der Waals surface area contributed by atoms with Crippen molar-refractivity contribution in [3.8, 4) is 27.9 Å². The van der Waals surface area contributed by atoms with Crippen molar-refractivity contribution < 1.29 is 0 Å². The Kier molecular flexibility index (Phi) is 6.04. The molecule has 3 heterocycles. The van der Waals surface area contributed by atoms with Crippen molar-refractivity contribution >= 4 is 96.2 Å². The van der Waals surface area contributed by atoms with E-state index in [2.05, 4.69) is 117 Å². The molecule has 3 aromatic heterocycles. The summed E-state index contributed by atoms with van der Waals surface area (Å²) in [5.74, 6) is 0. The normalized spacial score (nSPS) is 11.6. The van der Waals surface area contributed by atoms with Crippen LogP contribution in [0, 0.1) is 13.1 Å². The maximum Gasteiger partial charge on any atom is 0.196 e. The molecule has 226 valence electrons. The first-order valence-corrected chi connectivity index (χ1v) is 17.6. The molecular weight excluding hydrogens is 635 g/mol. The largest absolute Gasteiger partial charge is 0.310 e. The van der Waals surface area contributed by atoms with Crippen LogP contribution >= 0.6 is 22.7 Å². The third-order valence-electron chi connectivity index (χ3n) is 9.65. The van der Waals surface area contributed by atoms with Crippen molar-refractivity contribution in [1.29, 1.82) is 0 Å². The van der Waals surface area contributed by atoms with Crippen LogP contribution in [-0.4, -0.2) is 4.57 Å². The smallest absolute Gasteiger partial charge is 0.196 e. The van der Waals surface area contributed by atoms with Crippen LogP contribution in [0.1, 0.15) is 0 Å². The molecule has 5 heteroatoms. The summed E-state index contributed by atoms with van der Waals surface area (Å²) in [6, 6.07) is 49.0. The fraction of sp³-hybridized carbons (Fsp3) is 0. The first-order chi connectivity index (χ1) is 24.2. The van der Waals surface area contributed by atoms with Gasteiger partial charge in [-0.2, -0.15) is 0 Å². The standard InChI is InChI=1S/C44H23N3S2/c1-45-29-18-14-26(15-19-29)27-16-21-39-33(24-27)32-20-23-41-43(44(32)49-39)34-25-28(17-22-40(34)48-41)42-35(46-2)10-7-13-38(42)47-36-11-5-3-8-30(36)31-9-4-6-12-37(31)47/h3-25H. The molecule has 0 spiro atoms. The van der Waals surface area contributed by atoms with Gasteiger partial charge in [0.05, 0.1) is 24.2 Å². The molecule has 0 atom stereocenters. The minimum Gasteiger partial charge on any atom is -0.310 e. The summed E-state index contributed by atoms with van der Waals surface area (Å²) in [5.41, 5.74) is 8.80. The van der Waals surface area contributed by atoms with Gasteiger partial charge >= 0.3 is 0 Å². The Bertz CT molecular complexity index is 3020. The highest BCUT2D eigenvalue weighted by molar-refractivity contribution is 7.29. The van der Waals surface area contributed by atoms with Gasteiger partial charge in [-0.05, 0) is 65.2 Å². The van der Waals surface area contributed by atoms with E-state index in [1.807, 2.05) is 59.1 Å². The van der Waals surface area contributed by atoms with E-state index < -0.39 is 0 Å². The Hall–Kier alpha value is -6.24. The monoisotopic (exact) mass is 657 g/mol. The number of thiophene rings is 2. The highest BCUT2D eigenvalue weighted by Crippen LogP contribution is 2.47. The highest BCUT2D eigenvalue weighted by Gasteiger charge is 2.20. The third-order valence-corrected chi connectivity index (χ3v) is 12.0.